The van der Waals surface area contributed by atoms with E-state index in [-0.39, 0.29) is 11.9 Å². The molecule has 1 aliphatic heterocycles. The van der Waals surface area contributed by atoms with Gasteiger partial charge in [0.2, 0.25) is 0 Å². The van der Waals surface area contributed by atoms with E-state index < -0.39 is 0 Å². The molecule has 0 bridgehead atoms. The van der Waals surface area contributed by atoms with Gasteiger partial charge in [-0.3, -0.25) is 4.79 Å². The molecule has 1 amide bonds. The fourth-order valence-electron chi connectivity index (χ4n) is 2.46. The molecule has 110 valence electrons. The van der Waals surface area contributed by atoms with E-state index in [1.54, 1.807) is 0 Å². The first kappa shape index (κ1) is 14.9. The molecule has 0 fully saturated rings. The summed E-state index contributed by atoms with van der Waals surface area (Å²) < 4.78 is 5.54. The topological polar surface area (TPSA) is 64.4 Å². The van der Waals surface area contributed by atoms with Crippen molar-refractivity contribution in [2.75, 3.05) is 13.2 Å². The fourth-order valence-corrected chi connectivity index (χ4v) is 2.46. The number of fused-ring (bicyclic) bond motifs is 1. The van der Waals surface area contributed by atoms with E-state index in [2.05, 4.69) is 12.2 Å². The summed E-state index contributed by atoms with van der Waals surface area (Å²) >= 11 is 0. The molecule has 1 aromatic rings. The molecule has 2 rings (SSSR count). The van der Waals surface area contributed by atoms with Crippen molar-refractivity contribution in [1.29, 1.82) is 0 Å². The molecule has 0 aromatic heterocycles. The summed E-state index contributed by atoms with van der Waals surface area (Å²) in [5, 5.41) is 2.82. The van der Waals surface area contributed by atoms with E-state index in [0.29, 0.717) is 24.5 Å². The molecule has 0 spiro atoms. The van der Waals surface area contributed by atoms with Crippen LogP contribution in [-0.4, -0.2) is 19.1 Å². The van der Waals surface area contributed by atoms with E-state index in [1.165, 1.54) is 19.3 Å². The zero-order chi connectivity index (χ0) is 14.4. The second-order valence-electron chi connectivity index (χ2n) is 5.32. The number of unbranched alkanes of at least 4 members (excludes halogenated alkanes) is 3. The van der Waals surface area contributed by atoms with Crippen LogP contribution in [0.25, 0.3) is 0 Å². The molecular formula is C16H24N2O2. The number of hydrogen-bond donors (Lipinski definition) is 2. The Hall–Kier alpha value is -1.55. The molecule has 4 nitrogen and oxygen atoms in total. The van der Waals surface area contributed by atoms with Gasteiger partial charge in [-0.15, -0.1) is 0 Å². The van der Waals surface area contributed by atoms with Crippen LogP contribution in [0.4, 0.5) is 0 Å². The number of benzene rings is 1. The van der Waals surface area contributed by atoms with Crippen LogP contribution in [0.3, 0.4) is 0 Å². The van der Waals surface area contributed by atoms with Gasteiger partial charge in [-0.05, 0) is 24.1 Å². The molecule has 0 saturated carbocycles. The second-order valence-corrected chi connectivity index (χ2v) is 5.32. The summed E-state index contributed by atoms with van der Waals surface area (Å²) in [6, 6.07) is 5.71. The predicted molar refractivity (Wildman–Crippen MR) is 80.0 cm³/mol. The molecule has 1 aliphatic rings. The van der Waals surface area contributed by atoms with Crippen LogP contribution in [0.1, 0.15) is 61.0 Å². The van der Waals surface area contributed by atoms with E-state index in [0.717, 1.165) is 18.4 Å². The van der Waals surface area contributed by atoms with Gasteiger partial charge in [0.05, 0.1) is 12.1 Å². The Morgan fingerprint density at radius 1 is 1.35 bits per heavy atom. The van der Waals surface area contributed by atoms with Gasteiger partial charge in [0.15, 0.2) is 0 Å². The Morgan fingerprint density at radius 2 is 2.20 bits per heavy atom. The number of ether oxygens (including phenoxy) is 1. The van der Waals surface area contributed by atoms with E-state index in [9.17, 15) is 4.79 Å². The Morgan fingerprint density at radius 3 is 3.00 bits per heavy atom. The molecule has 1 aromatic carbocycles. The van der Waals surface area contributed by atoms with Crippen LogP contribution in [0.5, 0.6) is 5.75 Å². The largest absolute Gasteiger partial charge is 0.491 e. The lowest BCUT2D eigenvalue weighted by molar-refractivity contribution is 0.0957. The van der Waals surface area contributed by atoms with Gasteiger partial charge in [0.25, 0.3) is 5.91 Å². The van der Waals surface area contributed by atoms with Crippen molar-refractivity contribution in [2.45, 2.75) is 45.1 Å². The third kappa shape index (κ3) is 3.73. The minimum atomic E-state index is -0.0717. The second kappa shape index (κ2) is 7.29. The number of carbonyl (C=O) groups is 1. The molecular weight excluding hydrogens is 252 g/mol. The normalized spacial score (nSPS) is 15.8. The van der Waals surface area contributed by atoms with Crippen LogP contribution < -0.4 is 15.8 Å². The van der Waals surface area contributed by atoms with Crippen LogP contribution in [0, 0.1) is 0 Å². The highest BCUT2D eigenvalue weighted by molar-refractivity contribution is 5.97. The summed E-state index contributed by atoms with van der Waals surface area (Å²) in [6.45, 7) is 3.26. The average molecular weight is 276 g/mol. The summed E-state index contributed by atoms with van der Waals surface area (Å²) in [5.74, 6) is 0.583. The zero-order valence-corrected chi connectivity index (χ0v) is 12.2. The van der Waals surface area contributed by atoms with Crippen molar-refractivity contribution in [1.82, 2.24) is 5.32 Å². The molecule has 0 aliphatic carbocycles. The Bertz CT molecular complexity index is 460. The number of rotatable bonds is 6. The highest BCUT2D eigenvalue weighted by atomic mass is 16.5. The smallest absolute Gasteiger partial charge is 0.255 e. The molecule has 1 heterocycles. The molecule has 1 atom stereocenters. The fraction of sp³-hybridized carbons (Fsp3) is 0.562. The lowest BCUT2D eigenvalue weighted by atomic mass is 9.98. The molecule has 20 heavy (non-hydrogen) atoms. The maximum atomic E-state index is 11.9. The van der Waals surface area contributed by atoms with Gasteiger partial charge in [-0.25, -0.2) is 0 Å². The lowest BCUT2D eigenvalue weighted by Gasteiger charge is -2.14. The lowest BCUT2D eigenvalue weighted by Crippen LogP contribution is -2.24. The SMILES string of the molecule is CCCCCCC(N)c1ccc2c(c1)C(=O)NCCO2. The summed E-state index contributed by atoms with van der Waals surface area (Å²) in [6.07, 6.45) is 5.80. The number of nitrogens with one attached hydrogen (secondary N) is 1. The minimum Gasteiger partial charge on any atom is -0.491 e. The first-order valence-electron chi connectivity index (χ1n) is 7.53. The van der Waals surface area contributed by atoms with E-state index >= 15 is 0 Å². The number of amides is 1. The van der Waals surface area contributed by atoms with Gasteiger partial charge in [0, 0.05) is 6.04 Å². The minimum absolute atomic E-state index is 0.00629. The van der Waals surface area contributed by atoms with Crippen LogP contribution in [-0.2, 0) is 0 Å². The van der Waals surface area contributed by atoms with Gasteiger partial charge >= 0.3 is 0 Å². The van der Waals surface area contributed by atoms with Crippen molar-refractivity contribution in [3.8, 4) is 5.75 Å². The third-order valence-corrected chi connectivity index (χ3v) is 3.69. The maximum Gasteiger partial charge on any atom is 0.255 e. The monoisotopic (exact) mass is 276 g/mol. The van der Waals surface area contributed by atoms with Crippen LogP contribution >= 0.6 is 0 Å². The Labute approximate surface area is 120 Å². The van der Waals surface area contributed by atoms with Crippen molar-refractivity contribution >= 4 is 5.91 Å². The van der Waals surface area contributed by atoms with E-state index in [4.69, 9.17) is 10.5 Å². The van der Waals surface area contributed by atoms with Gasteiger partial charge in [0.1, 0.15) is 12.4 Å². The van der Waals surface area contributed by atoms with Crippen molar-refractivity contribution in [3.05, 3.63) is 29.3 Å². The third-order valence-electron chi connectivity index (χ3n) is 3.69. The van der Waals surface area contributed by atoms with Crippen molar-refractivity contribution in [3.63, 3.8) is 0 Å². The predicted octanol–water partition coefficient (Wildman–Crippen LogP) is 2.78. The Kier molecular flexibility index (Phi) is 5.41. The number of hydrogen-bond acceptors (Lipinski definition) is 3. The zero-order valence-electron chi connectivity index (χ0n) is 12.2. The van der Waals surface area contributed by atoms with Gasteiger partial charge in [-0.1, -0.05) is 38.7 Å². The Balaban J connectivity index is 2.04. The maximum absolute atomic E-state index is 11.9. The van der Waals surface area contributed by atoms with Crippen LogP contribution in [0.15, 0.2) is 18.2 Å². The van der Waals surface area contributed by atoms with Crippen LogP contribution in [0.2, 0.25) is 0 Å². The average Bonchev–Trinajstić information content (AvgIpc) is 2.65. The van der Waals surface area contributed by atoms with Gasteiger partial charge in [-0.2, -0.15) is 0 Å². The number of nitrogens with two attached hydrogens (primary N) is 1. The highest BCUT2D eigenvalue weighted by Gasteiger charge is 2.18. The molecule has 3 N–H and O–H groups in total. The number of carbonyl (C=O) groups excluding carboxylic acids is 1. The quantitative estimate of drug-likeness (QED) is 0.785. The summed E-state index contributed by atoms with van der Waals surface area (Å²) in [5.41, 5.74) is 7.84. The van der Waals surface area contributed by atoms with Crippen molar-refractivity contribution < 1.29 is 9.53 Å². The summed E-state index contributed by atoms with van der Waals surface area (Å²) in [4.78, 5) is 11.9. The molecule has 0 saturated heterocycles. The summed E-state index contributed by atoms with van der Waals surface area (Å²) in [7, 11) is 0. The van der Waals surface area contributed by atoms with Crippen molar-refractivity contribution in [2.24, 2.45) is 5.73 Å². The molecule has 0 radical (unpaired) electrons. The first-order chi connectivity index (χ1) is 9.72. The highest BCUT2D eigenvalue weighted by Crippen LogP contribution is 2.26. The first-order valence-corrected chi connectivity index (χ1v) is 7.53. The van der Waals surface area contributed by atoms with E-state index in [1.807, 2.05) is 18.2 Å². The standard InChI is InChI=1S/C16H24N2O2/c1-2-3-4-5-6-14(17)12-7-8-15-13(11-12)16(19)18-9-10-20-15/h7-8,11,14H,2-6,9-10,17H2,1H3,(H,18,19). The van der Waals surface area contributed by atoms with Gasteiger partial charge < -0.3 is 15.8 Å². The molecule has 1 unspecified atom stereocenters. The molecule has 4 heteroatoms.